The zero-order valence-electron chi connectivity index (χ0n) is 14.5. The highest BCUT2D eigenvalue weighted by Gasteiger charge is 2.44. The Balaban J connectivity index is 2.12. The maximum absolute atomic E-state index is 5.67. The average Bonchev–Trinajstić information content (AvgIpc) is 2.68. The van der Waals surface area contributed by atoms with Crippen LogP contribution in [0.4, 0.5) is 0 Å². The van der Waals surface area contributed by atoms with Gasteiger partial charge >= 0.3 is 0 Å². The third-order valence-corrected chi connectivity index (χ3v) is 5.51. The van der Waals surface area contributed by atoms with Crippen molar-refractivity contribution in [1.82, 2.24) is 15.3 Å². The quantitative estimate of drug-likeness (QED) is 0.591. The van der Waals surface area contributed by atoms with Crippen molar-refractivity contribution in [3.8, 4) is 0 Å². The number of rotatable bonds is 2. The SMILES string of the molecule is C=C(C)CN1C(=S)N(C)NC12CCCCCCCCCCC2. The molecule has 0 atom stereocenters. The Bertz CT molecular complexity index is 382. The molecule has 0 aromatic rings. The van der Waals surface area contributed by atoms with E-state index >= 15 is 0 Å². The van der Waals surface area contributed by atoms with Crippen molar-refractivity contribution in [2.24, 2.45) is 0 Å². The normalized spacial score (nSPS) is 24.2. The molecule has 0 unspecified atom stereocenters. The summed E-state index contributed by atoms with van der Waals surface area (Å²) in [6.45, 7) is 7.08. The average molecular weight is 324 g/mol. The topological polar surface area (TPSA) is 18.5 Å². The molecule has 0 radical (unpaired) electrons. The van der Waals surface area contributed by atoms with Crippen LogP contribution in [-0.2, 0) is 0 Å². The molecule has 1 aliphatic carbocycles. The number of thiocarbonyl (C=S) groups is 1. The summed E-state index contributed by atoms with van der Waals surface area (Å²) < 4.78 is 0. The minimum Gasteiger partial charge on any atom is -0.324 e. The Morgan fingerprint density at radius 1 is 1.05 bits per heavy atom. The van der Waals surface area contributed by atoms with E-state index in [4.69, 9.17) is 12.2 Å². The van der Waals surface area contributed by atoms with Gasteiger partial charge in [0, 0.05) is 13.6 Å². The van der Waals surface area contributed by atoms with Crippen LogP contribution >= 0.6 is 12.2 Å². The molecule has 1 saturated carbocycles. The fourth-order valence-corrected chi connectivity index (χ4v) is 4.14. The van der Waals surface area contributed by atoms with Gasteiger partial charge < -0.3 is 4.90 Å². The standard InChI is InChI=1S/C18H33N3S/c1-16(2)15-21-17(22)20(3)19-18(21)13-11-9-7-5-4-6-8-10-12-14-18/h19H,1,4-15H2,2-3H3. The number of nitrogens with one attached hydrogen (secondary N) is 1. The molecule has 1 aliphatic heterocycles. The van der Waals surface area contributed by atoms with Crippen molar-refractivity contribution < 1.29 is 0 Å². The first-order valence-electron chi connectivity index (χ1n) is 9.03. The molecule has 3 nitrogen and oxygen atoms in total. The van der Waals surface area contributed by atoms with Crippen LogP contribution in [0.2, 0.25) is 0 Å². The molecule has 1 saturated heterocycles. The molecule has 22 heavy (non-hydrogen) atoms. The van der Waals surface area contributed by atoms with Crippen LogP contribution in [0.1, 0.15) is 77.6 Å². The van der Waals surface area contributed by atoms with Gasteiger partial charge in [0.1, 0.15) is 5.66 Å². The van der Waals surface area contributed by atoms with Gasteiger partial charge in [-0.1, -0.05) is 57.1 Å². The van der Waals surface area contributed by atoms with E-state index in [1.165, 1.54) is 76.2 Å². The van der Waals surface area contributed by atoms with Crippen LogP contribution in [0.3, 0.4) is 0 Å². The van der Waals surface area contributed by atoms with E-state index in [0.29, 0.717) is 0 Å². The molecule has 2 rings (SSSR count). The Morgan fingerprint density at radius 2 is 1.50 bits per heavy atom. The third kappa shape index (κ3) is 4.45. The molecule has 126 valence electrons. The van der Waals surface area contributed by atoms with Crippen molar-refractivity contribution in [1.29, 1.82) is 0 Å². The van der Waals surface area contributed by atoms with Gasteiger partial charge in [0.15, 0.2) is 5.11 Å². The van der Waals surface area contributed by atoms with Gasteiger partial charge in [-0.25, -0.2) is 5.43 Å². The van der Waals surface area contributed by atoms with Crippen LogP contribution in [0.5, 0.6) is 0 Å². The number of hydrogen-bond acceptors (Lipinski definition) is 2. The first kappa shape index (κ1) is 17.7. The second-order valence-corrected chi connectivity index (χ2v) is 7.58. The van der Waals surface area contributed by atoms with Crippen LogP contribution < -0.4 is 5.43 Å². The smallest absolute Gasteiger partial charge is 0.187 e. The minimum atomic E-state index is 0.0178. The van der Waals surface area contributed by atoms with Crippen molar-refractivity contribution in [2.75, 3.05) is 13.6 Å². The van der Waals surface area contributed by atoms with E-state index in [1.54, 1.807) is 0 Å². The van der Waals surface area contributed by atoms with Gasteiger partial charge in [0.05, 0.1) is 0 Å². The summed E-state index contributed by atoms with van der Waals surface area (Å²) in [6, 6.07) is 0. The predicted octanol–water partition coefficient (Wildman–Crippen LogP) is 4.60. The van der Waals surface area contributed by atoms with E-state index < -0.39 is 0 Å². The van der Waals surface area contributed by atoms with Crippen molar-refractivity contribution in [2.45, 2.75) is 83.2 Å². The Kier molecular flexibility index (Phi) is 6.69. The lowest BCUT2D eigenvalue weighted by Gasteiger charge is -2.38. The summed E-state index contributed by atoms with van der Waals surface area (Å²) in [4.78, 5) is 2.40. The van der Waals surface area contributed by atoms with Crippen LogP contribution in [0, 0.1) is 0 Å². The van der Waals surface area contributed by atoms with Gasteiger partial charge in [0.25, 0.3) is 0 Å². The number of nitrogens with zero attached hydrogens (tertiary/aromatic N) is 2. The number of hydrogen-bond donors (Lipinski definition) is 1. The van der Waals surface area contributed by atoms with Crippen molar-refractivity contribution >= 4 is 17.3 Å². The summed E-state index contributed by atoms with van der Waals surface area (Å²) in [5.74, 6) is 0. The molecule has 1 N–H and O–H groups in total. The molecule has 0 bridgehead atoms. The predicted molar refractivity (Wildman–Crippen MR) is 98.5 cm³/mol. The molecule has 2 fully saturated rings. The van der Waals surface area contributed by atoms with Gasteiger partial charge in [-0.05, 0) is 44.8 Å². The Hall–Kier alpha value is -0.610. The van der Waals surface area contributed by atoms with E-state index in [0.717, 1.165) is 11.7 Å². The number of hydrazine groups is 1. The van der Waals surface area contributed by atoms with Crippen LogP contribution in [-0.4, -0.2) is 34.3 Å². The van der Waals surface area contributed by atoms with Gasteiger partial charge in [-0.2, -0.15) is 0 Å². The molecule has 4 heteroatoms. The highest BCUT2D eigenvalue weighted by molar-refractivity contribution is 7.80. The third-order valence-electron chi connectivity index (χ3n) is 5.02. The minimum absolute atomic E-state index is 0.0178. The molecule has 2 aliphatic rings. The van der Waals surface area contributed by atoms with Crippen LogP contribution in [0.25, 0.3) is 0 Å². The maximum atomic E-state index is 5.67. The molecule has 0 aromatic carbocycles. The van der Waals surface area contributed by atoms with E-state index in [2.05, 4.69) is 30.9 Å². The second-order valence-electron chi connectivity index (χ2n) is 7.21. The lowest BCUT2D eigenvalue weighted by Crippen LogP contribution is -2.53. The second kappa shape index (κ2) is 8.30. The Labute approximate surface area is 142 Å². The van der Waals surface area contributed by atoms with Crippen LogP contribution in [0.15, 0.2) is 12.2 Å². The molecule has 0 amide bonds. The summed E-state index contributed by atoms with van der Waals surface area (Å²) in [5, 5.41) is 2.97. The van der Waals surface area contributed by atoms with E-state index in [-0.39, 0.29) is 5.66 Å². The first-order valence-corrected chi connectivity index (χ1v) is 9.43. The maximum Gasteiger partial charge on any atom is 0.187 e. The highest BCUT2D eigenvalue weighted by atomic mass is 32.1. The zero-order chi connectivity index (χ0) is 16.0. The summed E-state index contributed by atoms with van der Waals surface area (Å²) in [7, 11) is 2.05. The van der Waals surface area contributed by atoms with Crippen molar-refractivity contribution in [3.05, 3.63) is 12.2 Å². The zero-order valence-corrected chi connectivity index (χ0v) is 15.3. The first-order chi connectivity index (χ1) is 10.6. The summed E-state index contributed by atoms with van der Waals surface area (Å²) in [6.07, 6.45) is 14.7. The fourth-order valence-electron chi connectivity index (χ4n) is 3.85. The van der Waals surface area contributed by atoms with E-state index in [9.17, 15) is 0 Å². The lowest BCUT2D eigenvalue weighted by atomic mass is 9.92. The fraction of sp³-hybridized carbons (Fsp3) is 0.833. The summed E-state index contributed by atoms with van der Waals surface area (Å²) in [5.41, 5.74) is 4.91. The molecule has 1 spiro atoms. The summed E-state index contributed by atoms with van der Waals surface area (Å²) >= 11 is 5.67. The highest BCUT2D eigenvalue weighted by Crippen LogP contribution is 2.33. The molecule has 1 heterocycles. The van der Waals surface area contributed by atoms with E-state index in [1.807, 2.05) is 5.01 Å². The molecular formula is C18H33N3S. The van der Waals surface area contributed by atoms with Gasteiger partial charge in [0.2, 0.25) is 0 Å². The molecular weight excluding hydrogens is 290 g/mol. The monoisotopic (exact) mass is 323 g/mol. The lowest BCUT2D eigenvalue weighted by molar-refractivity contribution is 0.110. The molecule has 0 aromatic heterocycles. The largest absolute Gasteiger partial charge is 0.324 e. The van der Waals surface area contributed by atoms with Crippen molar-refractivity contribution in [3.63, 3.8) is 0 Å². The van der Waals surface area contributed by atoms with Gasteiger partial charge in [-0.3, -0.25) is 5.01 Å². The van der Waals surface area contributed by atoms with Gasteiger partial charge in [-0.15, -0.1) is 0 Å². The Morgan fingerprint density at radius 3 is 1.95 bits per heavy atom.